The number of anilines is 1. The van der Waals surface area contributed by atoms with Crippen molar-refractivity contribution < 1.29 is 23.1 Å². The Balaban J connectivity index is 1.89. The Morgan fingerprint density at radius 3 is 2.64 bits per heavy atom. The summed E-state index contributed by atoms with van der Waals surface area (Å²) in [5, 5.41) is 8.94. The van der Waals surface area contributed by atoms with E-state index in [1.54, 1.807) is 6.07 Å². The summed E-state index contributed by atoms with van der Waals surface area (Å²) in [5.74, 6) is -2.29. The summed E-state index contributed by atoms with van der Waals surface area (Å²) in [6, 6.07) is 4.69. The average Bonchev–Trinajstić information content (AvgIpc) is 3.19. The molecule has 118 valence electrons. The van der Waals surface area contributed by atoms with Crippen LogP contribution in [-0.2, 0) is 26.0 Å². The van der Waals surface area contributed by atoms with Gasteiger partial charge in [0.25, 0.3) is 0 Å². The Labute approximate surface area is 128 Å². The number of hydrogen-bond acceptors (Lipinski definition) is 4. The van der Waals surface area contributed by atoms with Gasteiger partial charge in [-0.05, 0) is 37.6 Å². The highest BCUT2D eigenvalue weighted by atomic mass is 32.2. The molecule has 0 saturated heterocycles. The number of sulfonamides is 1. The van der Waals surface area contributed by atoms with Gasteiger partial charge in [0, 0.05) is 12.2 Å². The van der Waals surface area contributed by atoms with Crippen molar-refractivity contribution >= 4 is 27.6 Å². The van der Waals surface area contributed by atoms with E-state index in [-0.39, 0.29) is 10.8 Å². The summed E-state index contributed by atoms with van der Waals surface area (Å²) in [6.45, 7) is 0.458. The van der Waals surface area contributed by atoms with E-state index in [9.17, 15) is 18.0 Å². The van der Waals surface area contributed by atoms with Gasteiger partial charge in [-0.1, -0.05) is 6.07 Å². The fourth-order valence-electron chi connectivity index (χ4n) is 2.81. The van der Waals surface area contributed by atoms with E-state index >= 15 is 0 Å². The second-order valence-corrected chi connectivity index (χ2v) is 7.41. The van der Waals surface area contributed by atoms with Crippen LogP contribution in [0.15, 0.2) is 23.1 Å². The Morgan fingerprint density at radius 1 is 1.32 bits per heavy atom. The van der Waals surface area contributed by atoms with Gasteiger partial charge in [0.1, 0.15) is 0 Å². The van der Waals surface area contributed by atoms with Crippen molar-refractivity contribution in [2.75, 3.05) is 18.5 Å². The van der Waals surface area contributed by atoms with Crippen LogP contribution in [0.5, 0.6) is 0 Å². The molecule has 0 unspecified atom stereocenters. The molecular weight excluding hydrogens is 308 g/mol. The zero-order valence-electron chi connectivity index (χ0n) is 11.9. The zero-order chi connectivity index (χ0) is 16.1. The average molecular weight is 324 g/mol. The second kappa shape index (κ2) is 5.06. The summed E-state index contributed by atoms with van der Waals surface area (Å²) in [6.07, 6.45) is 1.000. The summed E-state index contributed by atoms with van der Waals surface area (Å²) < 4.78 is 26.0. The highest BCUT2D eigenvalue weighted by Gasteiger charge is 2.50. The fraction of sp³-hybridized carbons (Fsp3) is 0.429. The Morgan fingerprint density at radius 2 is 2.05 bits per heavy atom. The van der Waals surface area contributed by atoms with Crippen molar-refractivity contribution in [1.29, 1.82) is 0 Å². The number of amides is 1. The number of nitrogens with one attached hydrogen (secondary N) is 1. The number of hydrogen-bond donors (Lipinski definition) is 2. The quantitative estimate of drug-likeness (QED) is 0.823. The summed E-state index contributed by atoms with van der Waals surface area (Å²) in [7, 11) is -2.25. The number of benzene rings is 1. The van der Waals surface area contributed by atoms with Crippen LogP contribution in [0, 0.1) is 11.8 Å². The van der Waals surface area contributed by atoms with Crippen LogP contribution in [0.2, 0.25) is 0 Å². The largest absolute Gasteiger partial charge is 0.481 e. The molecule has 1 heterocycles. The van der Waals surface area contributed by atoms with E-state index in [0.717, 1.165) is 5.56 Å². The third kappa shape index (κ3) is 2.38. The molecule has 1 aliphatic carbocycles. The Kier molecular flexibility index (Phi) is 3.45. The molecule has 2 atom stereocenters. The van der Waals surface area contributed by atoms with Gasteiger partial charge in [0.15, 0.2) is 0 Å². The summed E-state index contributed by atoms with van der Waals surface area (Å²) >= 11 is 0. The topological polar surface area (TPSA) is 104 Å². The van der Waals surface area contributed by atoms with Crippen molar-refractivity contribution in [2.24, 2.45) is 11.8 Å². The van der Waals surface area contributed by atoms with Gasteiger partial charge in [-0.15, -0.1) is 0 Å². The molecule has 1 fully saturated rings. The standard InChI is InChI=1S/C14H16N2O5S/c1-15-22(20,21)9-3-2-8-4-5-16(12(8)6-9)13(17)10-7-11(10)14(18)19/h2-3,6,10-11,15H,4-5,7H2,1H3,(H,18,19)/t10-,11-/m0/s1. The van der Waals surface area contributed by atoms with Crippen molar-refractivity contribution in [2.45, 2.75) is 17.7 Å². The van der Waals surface area contributed by atoms with Crippen LogP contribution < -0.4 is 9.62 Å². The SMILES string of the molecule is CNS(=O)(=O)c1ccc2c(c1)N(C(=O)[C@H]1C[C@@H]1C(=O)O)CC2. The third-order valence-corrected chi connectivity index (χ3v) is 5.63. The fourth-order valence-corrected chi connectivity index (χ4v) is 3.56. The lowest BCUT2D eigenvalue weighted by Crippen LogP contribution is -2.31. The molecule has 8 heteroatoms. The maximum Gasteiger partial charge on any atom is 0.307 e. The molecule has 1 aliphatic heterocycles. The summed E-state index contributed by atoms with van der Waals surface area (Å²) in [5.41, 5.74) is 1.47. The smallest absolute Gasteiger partial charge is 0.307 e. The Hall–Kier alpha value is -1.93. The molecule has 0 radical (unpaired) electrons. The van der Waals surface area contributed by atoms with E-state index in [1.807, 2.05) is 0 Å². The molecular formula is C14H16N2O5S. The highest BCUT2D eigenvalue weighted by molar-refractivity contribution is 7.89. The lowest BCUT2D eigenvalue weighted by Gasteiger charge is -2.18. The zero-order valence-corrected chi connectivity index (χ0v) is 12.8. The number of carboxylic acid groups (broad SMARTS) is 1. The van der Waals surface area contributed by atoms with Crippen molar-refractivity contribution in [3.63, 3.8) is 0 Å². The van der Waals surface area contributed by atoms with Crippen LogP contribution in [-0.4, -0.2) is 39.0 Å². The highest BCUT2D eigenvalue weighted by Crippen LogP contribution is 2.42. The van der Waals surface area contributed by atoms with Crippen molar-refractivity contribution in [3.8, 4) is 0 Å². The molecule has 0 aromatic heterocycles. The first-order chi connectivity index (χ1) is 10.3. The molecule has 1 saturated carbocycles. The van der Waals surface area contributed by atoms with E-state index < -0.39 is 27.8 Å². The molecule has 1 aromatic rings. The van der Waals surface area contributed by atoms with Crippen molar-refractivity contribution in [1.82, 2.24) is 4.72 Å². The van der Waals surface area contributed by atoms with E-state index in [0.29, 0.717) is 25.1 Å². The third-order valence-electron chi connectivity index (χ3n) is 4.22. The van der Waals surface area contributed by atoms with E-state index in [2.05, 4.69) is 4.72 Å². The molecule has 0 spiro atoms. The van der Waals surface area contributed by atoms with Crippen LogP contribution in [0.4, 0.5) is 5.69 Å². The molecule has 7 nitrogen and oxygen atoms in total. The molecule has 22 heavy (non-hydrogen) atoms. The minimum atomic E-state index is -3.58. The van der Waals surface area contributed by atoms with E-state index in [1.165, 1.54) is 24.1 Å². The summed E-state index contributed by atoms with van der Waals surface area (Å²) in [4.78, 5) is 24.9. The predicted octanol–water partition coefficient (Wildman–Crippen LogP) is 0.204. The number of aliphatic carboxylic acids is 1. The first-order valence-corrected chi connectivity index (χ1v) is 8.44. The van der Waals surface area contributed by atoms with Gasteiger partial charge < -0.3 is 10.0 Å². The van der Waals surface area contributed by atoms with Crippen LogP contribution in [0.25, 0.3) is 0 Å². The molecule has 0 bridgehead atoms. The monoisotopic (exact) mass is 324 g/mol. The van der Waals surface area contributed by atoms with Gasteiger partial charge in [-0.25, -0.2) is 13.1 Å². The maximum atomic E-state index is 12.4. The van der Waals surface area contributed by atoms with Crippen molar-refractivity contribution in [3.05, 3.63) is 23.8 Å². The number of carbonyl (C=O) groups is 2. The van der Waals surface area contributed by atoms with Gasteiger partial charge in [-0.2, -0.15) is 0 Å². The number of carbonyl (C=O) groups excluding carboxylic acids is 1. The van der Waals surface area contributed by atoms with Gasteiger partial charge in [-0.3, -0.25) is 9.59 Å². The lowest BCUT2D eigenvalue weighted by atomic mass is 10.2. The minimum Gasteiger partial charge on any atom is -0.481 e. The first-order valence-electron chi connectivity index (χ1n) is 6.96. The first kappa shape index (κ1) is 15.0. The van der Waals surface area contributed by atoms with Gasteiger partial charge in [0.2, 0.25) is 15.9 Å². The minimum absolute atomic E-state index is 0.0963. The number of nitrogens with zero attached hydrogens (tertiary/aromatic N) is 1. The van der Waals surface area contributed by atoms with Gasteiger partial charge in [0.05, 0.1) is 16.7 Å². The van der Waals surface area contributed by atoms with Crippen LogP contribution in [0.3, 0.4) is 0 Å². The predicted molar refractivity (Wildman–Crippen MR) is 78.0 cm³/mol. The maximum absolute atomic E-state index is 12.4. The van der Waals surface area contributed by atoms with Crippen LogP contribution >= 0.6 is 0 Å². The number of rotatable bonds is 4. The second-order valence-electron chi connectivity index (χ2n) is 5.52. The number of fused-ring (bicyclic) bond motifs is 1. The van der Waals surface area contributed by atoms with E-state index in [4.69, 9.17) is 5.11 Å². The number of carboxylic acids is 1. The molecule has 3 rings (SSSR count). The molecule has 2 aliphatic rings. The molecule has 2 N–H and O–H groups in total. The van der Waals surface area contributed by atoms with Gasteiger partial charge >= 0.3 is 5.97 Å². The lowest BCUT2D eigenvalue weighted by molar-refractivity contribution is -0.140. The normalized spacial score (nSPS) is 23.2. The van der Waals surface area contributed by atoms with Crippen LogP contribution in [0.1, 0.15) is 12.0 Å². The Bertz CT molecular complexity index is 758. The molecule has 1 amide bonds. The molecule has 1 aromatic carbocycles.